The number of carbonyl (C=O) groups excluding carboxylic acids is 8. The number of nitrogens with one attached hydrogen (secondary N) is 4. The first-order valence-electron chi connectivity index (χ1n) is 31.7. The van der Waals surface area contributed by atoms with E-state index < -0.39 is 290 Å². The molecular weight excluding hydrogens is 1870 g/mol. The van der Waals surface area contributed by atoms with Crippen LogP contribution in [0.15, 0.2) is 0 Å². The van der Waals surface area contributed by atoms with Crippen molar-refractivity contribution in [3.05, 3.63) is 49.4 Å². The Morgan fingerprint density at radius 1 is 0.285 bits per heavy atom. The van der Waals surface area contributed by atoms with Gasteiger partial charge in [-0.3, -0.25) is 0 Å². The summed E-state index contributed by atoms with van der Waals surface area (Å²) in [5, 5.41) is 182. The summed E-state index contributed by atoms with van der Waals surface area (Å²) in [5.41, 5.74) is 39.6. The van der Waals surface area contributed by atoms with Gasteiger partial charge in [0.05, 0.1) is 75.3 Å². The van der Waals surface area contributed by atoms with E-state index in [2.05, 4.69) is 0 Å². The van der Waals surface area contributed by atoms with E-state index in [1.807, 2.05) is 0 Å². The number of unbranched alkanes of at least 4 members (excludes halogenated alkanes) is 2. The summed E-state index contributed by atoms with van der Waals surface area (Å²) in [6.07, 6.45) is -52.0. The van der Waals surface area contributed by atoms with Crippen LogP contribution < -0.4 is 242 Å². The number of ether oxygens (including phenoxy) is 16. The van der Waals surface area contributed by atoms with Crippen LogP contribution in [0, 0.1) is 26.4 Å². The Morgan fingerprint density at radius 2 is 0.488 bits per heavy atom. The molecule has 8 heterocycles. The predicted octanol–water partition coefficient (Wildman–Crippen LogP) is -40.2. The topological polar surface area (TPSA) is 954 Å². The monoisotopic (exact) mass is 1950 g/mol. The minimum absolute atomic E-state index is 0. The Hall–Kier alpha value is 2.48. The van der Waals surface area contributed by atoms with Crippen LogP contribution >= 0.6 is 0 Å². The van der Waals surface area contributed by atoms with Crippen molar-refractivity contribution < 1.29 is 488 Å². The first-order chi connectivity index (χ1) is 54.1. The van der Waals surface area contributed by atoms with Crippen LogP contribution in [0.5, 0.6) is 0 Å². The molecule has 8 aliphatic rings. The summed E-state index contributed by atoms with van der Waals surface area (Å²) in [4.78, 5) is 65.0. The Morgan fingerprint density at radius 3 is 0.707 bits per heavy atom. The van der Waals surface area contributed by atoms with Crippen molar-refractivity contribution in [3.8, 4) is 0 Å². The molecule has 0 amide bonds. The third-order valence-electron chi connectivity index (χ3n) is 15.9. The molecule has 23 N–H and O–H groups in total. The molecule has 58 nitrogen and oxygen atoms in total. The van der Waals surface area contributed by atoms with Gasteiger partial charge in [0.1, 0.15) is 98.4 Å². The number of nitrogens with two attached hydrogens (primary N) is 1. The summed E-state index contributed by atoms with van der Waals surface area (Å²) in [6.45, 7) is 0.678. The van der Waals surface area contributed by atoms with Gasteiger partial charge in [-0.05, 0) is 50.2 Å². The minimum Gasteiger partial charge on any atom is -0.668 e. The molecule has 0 radical (unpaired) electrons. The molecule has 12 unspecified atom stereocenters. The van der Waals surface area contributed by atoms with E-state index >= 15 is 0 Å². The SMILES string of the molecule is O=C=O.O=C=O.O=C=O.O=C=O.O=S(=O)=O.O=S(=O)=O.O=S(=O)=O.O=S(=O)=O.[NH-]C1[C@@H](O[C@@H]2[CH-]O[C@@H](O[C@@H]3C(CO)O[C@H](O[C@@H]4[CH-]O[C@@H](O[C@@H]5C(CO)O[C@H](O[C@@H]6[CH-]O[C@@H](O[C@@H]7C(CO)O[C@H](O[C@@H]8[CH-]O[C@@H](OCCCCCN)C(O)[C@H]8O)C([NH-])[C@H]7O)C(O)[C@@H]6O)C([NH-])[C@H]5O)C(O)[C@H]4O)C([NH-])[C@H]3O)C(O)[C@@H]2O)OC(CO)[C@@H](O)[C@@H]1O.[Na+].[Na+].[Na+].[Na+].[Na+].[Na+].[Na+].[Na+]. The summed E-state index contributed by atoms with van der Waals surface area (Å²) in [6, 6.07) is -7.02. The molecule has 0 spiro atoms. The van der Waals surface area contributed by atoms with Crippen molar-refractivity contribution in [2.75, 3.05) is 39.6 Å². The second kappa shape index (κ2) is 78.5. The van der Waals surface area contributed by atoms with Crippen LogP contribution in [0.3, 0.4) is 0 Å². The first-order valence-corrected chi connectivity index (χ1v) is 35.7. The largest absolute Gasteiger partial charge is 1.00 e. The molecule has 0 saturated carbocycles. The smallest absolute Gasteiger partial charge is 0.668 e. The van der Waals surface area contributed by atoms with Gasteiger partial charge in [-0.25, -0.2) is 0 Å². The molecule has 0 aliphatic carbocycles. The number of hydrogen-bond donors (Lipinski definition) is 18. The van der Waals surface area contributed by atoms with Crippen molar-refractivity contribution >= 4 is 67.0 Å². The summed E-state index contributed by atoms with van der Waals surface area (Å²) < 4.78 is 191. The van der Waals surface area contributed by atoms with Gasteiger partial charge in [0, 0.05) is 6.61 Å². The molecule has 668 valence electrons. The average Bonchev–Trinajstić information content (AvgIpc) is 0.784. The van der Waals surface area contributed by atoms with Crippen LogP contribution in [0.4, 0.5) is 0 Å². The van der Waals surface area contributed by atoms with Crippen molar-refractivity contribution in [1.82, 2.24) is 0 Å². The van der Waals surface area contributed by atoms with E-state index in [0.717, 1.165) is 39.3 Å². The second-order valence-corrected chi connectivity index (χ2v) is 24.7. The zero-order valence-corrected chi connectivity index (χ0v) is 85.2. The summed E-state index contributed by atoms with van der Waals surface area (Å²) >= 11 is 0. The molecule has 8 rings (SSSR count). The fourth-order valence-corrected chi connectivity index (χ4v) is 10.6. The molecule has 0 bridgehead atoms. The average molecular weight is 1950 g/mol. The van der Waals surface area contributed by atoms with Gasteiger partial charge in [0.2, 0.25) is 0 Å². The maximum absolute atomic E-state index is 11.3. The van der Waals surface area contributed by atoms with Crippen LogP contribution in [-0.4, -0.2) is 422 Å². The Bertz CT molecular complexity index is 3240. The van der Waals surface area contributed by atoms with E-state index in [9.17, 15) is 86.8 Å². The van der Waals surface area contributed by atoms with Crippen LogP contribution in [0.25, 0.3) is 22.9 Å². The molecule has 8 fully saturated rings. The van der Waals surface area contributed by atoms with Crippen molar-refractivity contribution in [3.63, 3.8) is 0 Å². The van der Waals surface area contributed by atoms with E-state index in [4.69, 9.17) is 193 Å². The second-order valence-electron chi connectivity index (χ2n) is 23.0. The first kappa shape index (κ1) is 143. The van der Waals surface area contributed by atoms with Crippen molar-refractivity contribution in [2.24, 2.45) is 5.73 Å². The molecule has 8 aliphatic heterocycles. The Labute approximate surface area is 878 Å². The quantitative estimate of drug-likeness (QED) is 0.0242. The van der Waals surface area contributed by atoms with Crippen LogP contribution in [0.2, 0.25) is 0 Å². The predicted molar refractivity (Wildman–Crippen MR) is 332 cm³/mol. The molecule has 8 saturated heterocycles. The molecule has 70 heteroatoms. The van der Waals surface area contributed by atoms with Crippen molar-refractivity contribution in [1.29, 1.82) is 0 Å². The summed E-state index contributed by atoms with van der Waals surface area (Å²) in [7, 11) is -12.4. The third-order valence-corrected chi connectivity index (χ3v) is 15.9. The van der Waals surface area contributed by atoms with Gasteiger partial charge in [0.15, 0.2) is 25.2 Å². The third kappa shape index (κ3) is 49.9. The molecule has 0 aromatic heterocycles. The Balaban J connectivity index is -0.000000453. The van der Waals surface area contributed by atoms with Crippen molar-refractivity contribution in [2.45, 2.75) is 240 Å². The normalized spacial score (nSPS) is 37.2. The number of aliphatic hydroxyl groups is 17. The van der Waals surface area contributed by atoms with Gasteiger partial charge < -0.3 is 191 Å². The maximum Gasteiger partial charge on any atom is 1.00 e. The standard InChI is InChI=1S/C49H81N5O33.4CO2.8Na.4O3S/c50-4-2-1-3-5-72-46-35(68)27(60)18(10-73-46)82-43-23(52)32(65)39(15(7-56)78-43)86-48-37(70)29(62)20(12-75-48)84-45-25(54)34(67)41(17(9-58)80-45)87-49-38(71)30(63)21(13-76-49)83-44-24(53)33(66)40(16(8-57)79-44)85-47-36(69)28(61)19(11-74-47)81-42-22(51)31(64)26(59)14(6-55)77-42;4*2-1-3;;;;;;;;;4*1-4(2)3/h10-49,51-71H,1-9,50H2;;;;;;;;;;;;;;;;/q-8;;;;;8*+1;;;;/t14?,15?,16?,17?,18-,19-,20-,21-,22?,23?,24?,25?,26-,27+,28-,29-,30+,31-,32-,33-,34-,35?,36?,37?,38?,39-,40-,41-,42-,43-,44-,45-,46-,47+,48+,49+;;;;;;;;;;;;;;;;/m1................/s1. The van der Waals surface area contributed by atoms with Gasteiger partial charge in [-0.2, -0.15) is 64.8 Å². The molecule has 123 heavy (non-hydrogen) atoms. The van der Waals surface area contributed by atoms with E-state index in [-0.39, 0.29) is 268 Å². The maximum atomic E-state index is 11.3. The number of aliphatic hydroxyl groups excluding tert-OH is 17. The minimum atomic E-state index is -3.11. The molecule has 0 aromatic carbocycles. The zero-order chi connectivity index (χ0) is 88.4. The van der Waals surface area contributed by atoms with Gasteiger partial charge >= 0.3 is 303 Å². The molecule has 0 aromatic rings. The van der Waals surface area contributed by atoms with Gasteiger partial charge in [0.25, 0.3) is 0 Å². The molecule has 36 atom stereocenters. The number of hydrogen-bond acceptors (Lipinski definition) is 54. The van der Waals surface area contributed by atoms with Gasteiger partial charge in [-0.15, -0.1) is 50.5 Å². The number of rotatable bonds is 24. The van der Waals surface area contributed by atoms with Crippen LogP contribution in [-0.2, 0) is 157 Å². The fourth-order valence-electron chi connectivity index (χ4n) is 10.6. The fraction of sp³-hybridized carbons (Fsp3) is 0.849. The van der Waals surface area contributed by atoms with Crippen LogP contribution in [0.1, 0.15) is 19.3 Å². The van der Waals surface area contributed by atoms with E-state index in [0.29, 0.717) is 13.0 Å². The van der Waals surface area contributed by atoms with E-state index in [1.165, 1.54) is 0 Å². The molecular formula is C53H81N5Na8O53S4. The Kier molecular flexibility index (Phi) is 91.5. The summed E-state index contributed by atoms with van der Waals surface area (Å²) in [5.74, 6) is 0. The van der Waals surface area contributed by atoms with E-state index in [1.54, 1.807) is 0 Å². The zero-order valence-electron chi connectivity index (χ0n) is 66.0. The van der Waals surface area contributed by atoms with Gasteiger partial charge in [-0.1, -0.05) is 24.2 Å².